The first kappa shape index (κ1) is 22.4. The van der Waals surface area contributed by atoms with Crippen LogP contribution in [-0.4, -0.2) is 24.5 Å². The minimum Gasteiger partial charge on any atom is -0.445 e. The molecule has 1 aliphatic heterocycles. The first-order valence-corrected chi connectivity index (χ1v) is 10.3. The van der Waals surface area contributed by atoms with Gasteiger partial charge in [0.1, 0.15) is 0 Å². The number of carbonyl (C=O) groups is 2. The smallest absolute Gasteiger partial charge is 0.334 e. The summed E-state index contributed by atoms with van der Waals surface area (Å²) in [4.78, 5) is 24.0. The van der Waals surface area contributed by atoms with Gasteiger partial charge in [-0.25, -0.2) is 4.79 Å². The molecule has 1 fully saturated rings. The fourth-order valence-electron chi connectivity index (χ4n) is 3.86. The topological polar surface area (TPSA) is 52.6 Å². The molecule has 4 heteroatoms. The van der Waals surface area contributed by atoms with Crippen LogP contribution in [0.5, 0.6) is 0 Å². The zero-order valence-electron chi connectivity index (χ0n) is 17.6. The summed E-state index contributed by atoms with van der Waals surface area (Å²) in [5, 5.41) is 0. The van der Waals surface area contributed by atoms with Crippen molar-refractivity contribution in [3.05, 3.63) is 47.5 Å². The number of allylic oxidation sites excluding steroid dienone is 1. The summed E-state index contributed by atoms with van der Waals surface area (Å²) >= 11 is 0. The van der Waals surface area contributed by atoms with Crippen LogP contribution in [0, 0.1) is 17.8 Å². The number of cyclic esters (lactones) is 1. The summed E-state index contributed by atoms with van der Waals surface area (Å²) in [6.45, 7) is 9.38. The van der Waals surface area contributed by atoms with Crippen molar-refractivity contribution in [3.63, 3.8) is 0 Å². The molecule has 28 heavy (non-hydrogen) atoms. The first-order chi connectivity index (χ1) is 13.3. The standard InChI is InChI=1S/C24H34O4/c1-18(2)12-21(13-19(3)4)10-11-22-14-24(16-25,28-23(22)26)17-27-15-20-8-6-5-7-9-20/h5-9,11,16,18-19,21H,10,12-15,17H2,1-4H3/b22-11+/t24-/m0/s1. The van der Waals surface area contributed by atoms with Gasteiger partial charge in [-0.1, -0.05) is 64.1 Å². The molecule has 0 aliphatic carbocycles. The Morgan fingerprint density at radius 3 is 2.32 bits per heavy atom. The van der Waals surface area contributed by atoms with E-state index < -0.39 is 5.60 Å². The van der Waals surface area contributed by atoms with E-state index in [1.807, 2.05) is 36.4 Å². The predicted molar refractivity (Wildman–Crippen MR) is 111 cm³/mol. The van der Waals surface area contributed by atoms with Crippen molar-refractivity contribution in [2.75, 3.05) is 6.61 Å². The van der Waals surface area contributed by atoms with Crippen LogP contribution in [0.1, 0.15) is 58.9 Å². The first-order valence-electron chi connectivity index (χ1n) is 10.3. The average Bonchev–Trinajstić information content (AvgIpc) is 2.96. The van der Waals surface area contributed by atoms with Crippen molar-refractivity contribution in [2.45, 2.75) is 65.6 Å². The van der Waals surface area contributed by atoms with E-state index in [9.17, 15) is 9.59 Å². The SMILES string of the molecule is CC(C)CC(C/C=C1\C[C@](C=O)(COCc2ccccc2)OC1=O)CC(C)C. The van der Waals surface area contributed by atoms with E-state index in [2.05, 4.69) is 27.7 Å². The minimum atomic E-state index is -1.19. The van der Waals surface area contributed by atoms with Gasteiger partial charge in [-0.2, -0.15) is 0 Å². The Hall–Kier alpha value is -1.94. The molecule has 154 valence electrons. The molecule has 0 radical (unpaired) electrons. The molecule has 2 rings (SSSR count). The highest BCUT2D eigenvalue weighted by molar-refractivity contribution is 5.94. The predicted octanol–water partition coefficient (Wildman–Crippen LogP) is 5.11. The molecule has 0 aromatic heterocycles. The molecule has 1 aliphatic rings. The van der Waals surface area contributed by atoms with Gasteiger partial charge in [0.25, 0.3) is 0 Å². The third-order valence-corrected chi connectivity index (χ3v) is 5.03. The number of ether oxygens (including phenoxy) is 2. The summed E-state index contributed by atoms with van der Waals surface area (Å²) in [5.41, 5.74) is 0.435. The van der Waals surface area contributed by atoms with Gasteiger partial charge in [-0.3, -0.25) is 4.79 Å². The largest absolute Gasteiger partial charge is 0.445 e. The maximum absolute atomic E-state index is 12.3. The highest BCUT2D eigenvalue weighted by Gasteiger charge is 2.44. The third kappa shape index (κ3) is 6.90. The number of hydrogen-bond acceptors (Lipinski definition) is 4. The van der Waals surface area contributed by atoms with E-state index in [-0.39, 0.29) is 12.6 Å². The third-order valence-electron chi connectivity index (χ3n) is 5.03. The van der Waals surface area contributed by atoms with Crippen molar-refractivity contribution < 1.29 is 19.1 Å². The normalized spacial score (nSPS) is 21.1. The fourth-order valence-corrected chi connectivity index (χ4v) is 3.86. The Morgan fingerprint density at radius 1 is 1.11 bits per heavy atom. The lowest BCUT2D eigenvalue weighted by Crippen LogP contribution is -2.36. The van der Waals surface area contributed by atoms with Crippen LogP contribution >= 0.6 is 0 Å². The van der Waals surface area contributed by atoms with Crippen LogP contribution in [0.3, 0.4) is 0 Å². The zero-order chi connectivity index (χ0) is 20.6. The van der Waals surface area contributed by atoms with Crippen molar-refractivity contribution >= 4 is 12.3 Å². The molecule has 0 bridgehead atoms. The van der Waals surface area contributed by atoms with Gasteiger partial charge in [0.05, 0.1) is 13.2 Å². The Morgan fingerprint density at radius 2 is 1.75 bits per heavy atom. The summed E-state index contributed by atoms with van der Waals surface area (Å²) < 4.78 is 11.1. The van der Waals surface area contributed by atoms with E-state index >= 15 is 0 Å². The van der Waals surface area contributed by atoms with Gasteiger partial charge in [0.15, 0.2) is 11.9 Å². The highest BCUT2D eigenvalue weighted by atomic mass is 16.6. The van der Waals surface area contributed by atoms with E-state index in [4.69, 9.17) is 9.47 Å². The quantitative estimate of drug-likeness (QED) is 0.301. The Kier molecular flexibility index (Phi) is 8.43. The van der Waals surface area contributed by atoms with Gasteiger partial charge >= 0.3 is 5.97 Å². The summed E-state index contributed by atoms with van der Waals surface area (Å²) in [5.74, 6) is 1.40. The van der Waals surface area contributed by atoms with Crippen molar-refractivity contribution in [2.24, 2.45) is 17.8 Å². The molecule has 1 aromatic rings. The van der Waals surface area contributed by atoms with Gasteiger partial charge < -0.3 is 9.47 Å². The second kappa shape index (κ2) is 10.6. The van der Waals surface area contributed by atoms with E-state index in [0.717, 1.165) is 31.1 Å². The number of hydrogen-bond donors (Lipinski definition) is 0. The monoisotopic (exact) mass is 386 g/mol. The molecule has 1 aromatic carbocycles. The maximum atomic E-state index is 12.3. The van der Waals surface area contributed by atoms with Gasteiger partial charge in [-0.15, -0.1) is 0 Å². The highest BCUT2D eigenvalue weighted by Crippen LogP contribution is 2.32. The number of benzene rings is 1. The van der Waals surface area contributed by atoms with E-state index in [1.54, 1.807) is 0 Å². The Labute approximate surface area is 169 Å². The lowest BCUT2D eigenvalue weighted by atomic mass is 9.86. The molecular formula is C24H34O4. The van der Waals surface area contributed by atoms with Crippen molar-refractivity contribution in [1.82, 2.24) is 0 Å². The molecule has 1 saturated heterocycles. The second-order valence-electron chi connectivity index (χ2n) is 8.82. The summed E-state index contributed by atoms with van der Waals surface area (Å²) in [6.07, 6.45) is 6.11. The van der Waals surface area contributed by atoms with Gasteiger partial charge in [0.2, 0.25) is 0 Å². The fraction of sp³-hybridized carbons (Fsp3) is 0.583. The van der Waals surface area contributed by atoms with Crippen LogP contribution in [0.2, 0.25) is 0 Å². The van der Waals surface area contributed by atoms with Crippen LogP contribution in [-0.2, 0) is 25.7 Å². The molecule has 0 saturated carbocycles. The van der Waals surface area contributed by atoms with Gasteiger partial charge in [0, 0.05) is 12.0 Å². The van der Waals surface area contributed by atoms with Crippen molar-refractivity contribution in [3.8, 4) is 0 Å². The van der Waals surface area contributed by atoms with Crippen LogP contribution < -0.4 is 0 Å². The Bertz CT molecular complexity index is 652. The van der Waals surface area contributed by atoms with Crippen molar-refractivity contribution in [1.29, 1.82) is 0 Å². The van der Waals surface area contributed by atoms with Crippen LogP contribution in [0.25, 0.3) is 0 Å². The molecule has 1 atom stereocenters. The zero-order valence-corrected chi connectivity index (χ0v) is 17.6. The lowest BCUT2D eigenvalue weighted by molar-refractivity contribution is -0.157. The Balaban J connectivity index is 1.96. The molecule has 4 nitrogen and oxygen atoms in total. The maximum Gasteiger partial charge on any atom is 0.334 e. The number of rotatable bonds is 11. The summed E-state index contributed by atoms with van der Waals surface area (Å²) in [7, 11) is 0. The minimum absolute atomic E-state index is 0.0793. The van der Waals surface area contributed by atoms with Crippen LogP contribution in [0.4, 0.5) is 0 Å². The van der Waals surface area contributed by atoms with E-state index in [0.29, 0.717) is 36.4 Å². The molecular weight excluding hydrogens is 352 g/mol. The average molecular weight is 387 g/mol. The molecule has 1 heterocycles. The van der Waals surface area contributed by atoms with E-state index in [1.165, 1.54) is 0 Å². The van der Waals surface area contributed by atoms with Crippen LogP contribution in [0.15, 0.2) is 42.0 Å². The van der Waals surface area contributed by atoms with Gasteiger partial charge in [-0.05, 0) is 42.6 Å². The summed E-state index contributed by atoms with van der Waals surface area (Å²) in [6, 6.07) is 9.75. The number of esters is 1. The molecule has 0 amide bonds. The molecule has 0 N–H and O–H groups in total. The lowest BCUT2D eigenvalue weighted by Gasteiger charge is -2.20. The number of carbonyl (C=O) groups excluding carboxylic acids is 2. The number of aldehydes is 1. The molecule has 0 unspecified atom stereocenters. The second-order valence-corrected chi connectivity index (χ2v) is 8.82. The molecule has 0 spiro atoms.